The molecule has 10 heteroatoms. The van der Waals surface area contributed by atoms with Crippen molar-refractivity contribution in [3.63, 3.8) is 0 Å². The normalized spacial score (nSPS) is 11.5. The summed E-state index contributed by atoms with van der Waals surface area (Å²) in [6.07, 6.45) is -0.430. The average Bonchev–Trinajstić information content (AvgIpc) is 2.79. The Morgan fingerprint density at radius 1 is 1.20 bits per heavy atom. The molecule has 0 saturated heterocycles. The fourth-order valence-corrected chi connectivity index (χ4v) is 1.74. The van der Waals surface area contributed by atoms with Gasteiger partial charge >= 0.3 is 6.09 Å². The standard InChI is InChI=1S/C15H29N7O2.HI/c1-7-16-13(19-10-12-21-20-11(2)22(12)6)17-8-9-18-14(23)24-15(3,4)5;/h7-10H2,1-6H3,(H,18,23)(H2,16,17,19);1H. The van der Waals surface area contributed by atoms with E-state index in [2.05, 4.69) is 31.1 Å². The first-order valence-electron chi connectivity index (χ1n) is 8.07. The number of amides is 1. The zero-order valence-electron chi connectivity index (χ0n) is 15.8. The number of ether oxygens (including phenoxy) is 1. The highest BCUT2D eigenvalue weighted by Crippen LogP contribution is 2.06. The van der Waals surface area contributed by atoms with E-state index in [-0.39, 0.29) is 24.0 Å². The van der Waals surface area contributed by atoms with Crippen LogP contribution in [0, 0.1) is 6.92 Å². The summed E-state index contributed by atoms with van der Waals surface area (Å²) in [5, 5.41) is 17.1. The van der Waals surface area contributed by atoms with Crippen LogP contribution in [0.15, 0.2) is 4.99 Å². The molecule has 1 amide bonds. The quantitative estimate of drug-likeness (QED) is 0.252. The minimum Gasteiger partial charge on any atom is -0.444 e. The van der Waals surface area contributed by atoms with Crippen LogP contribution in [-0.2, 0) is 18.3 Å². The topological polar surface area (TPSA) is 105 Å². The number of hydrogen-bond acceptors (Lipinski definition) is 5. The molecule has 0 fully saturated rings. The molecule has 0 radical (unpaired) electrons. The van der Waals surface area contributed by atoms with Crippen molar-refractivity contribution >= 4 is 36.0 Å². The van der Waals surface area contributed by atoms with Gasteiger partial charge in [0, 0.05) is 26.7 Å². The third kappa shape index (κ3) is 9.46. The van der Waals surface area contributed by atoms with Crippen LogP contribution in [0.2, 0.25) is 0 Å². The van der Waals surface area contributed by atoms with Crippen LogP contribution in [0.3, 0.4) is 0 Å². The van der Waals surface area contributed by atoms with Gasteiger partial charge in [-0.25, -0.2) is 9.79 Å². The third-order valence-corrected chi connectivity index (χ3v) is 2.99. The van der Waals surface area contributed by atoms with Gasteiger partial charge in [-0.2, -0.15) is 0 Å². The number of nitrogens with one attached hydrogen (secondary N) is 3. The molecule has 0 spiro atoms. The first kappa shape index (κ1) is 23.4. The van der Waals surface area contributed by atoms with Gasteiger partial charge in [0.05, 0.1) is 0 Å². The van der Waals surface area contributed by atoms with Gasteiger partial charge in [-0.15, -0.1) is 34.2 Å². The maximum Gasteiger partial charge on any atom is 0.407 e. The van der Waals surface area contributed by atoms with Gasteiger partial charge in [0.2, 0.25) is 0 Å². The third-order valence-electron chi connectivity index (χ3n) is 2.99. The molecule has 3 N–H and O–H groups in total. The van der Waals surface area contributed by atoms with Crippen LogP contribution in [-0.4, -0.2) is 52.1 Å². The molecule has 0 aliphatic rings. The summed E-state index contributed by atoms with van der Waals surface area (Å²) in [6.45, 7) is 11.5. The molecule has 1 rings (SSSR count). The van der Waals surface area contributed by atoms with E-state index in [1.165, 1.54) is 0 Å². The molecule has 25 heavy (non-hydrogen) atoms. The molecule has 0 bridgehead atoms. The predicted octanol–water partition coefficient (Wildman–Crippen LogP) is 1.32. The Morgan fingerprint density at radius 2 is 1.84 bits per heavy atom. The number of carbonyl (C=O) groups is 1. The first-order valence-corrected chi connectivity index (χ1v) is 8.07. The number of alkyl carbamates (subject to hydrolysis) is 1. The summed E-state index contributed by atoms with van der Waals surface area (Å²) in [5.41, 5.74) is -0.498. The number of hydrogen-bond donors (Lipinski definition) is 3. The van der Waals surface area contributed by atoms with Crippen LogP contribution in [0.25, 0.3) is 0 Å². The minimum atomic E-state index is -0.498. The van der Waals surface area contributed by atoms with Gasteiger partial charge in [-0.05, 0) is 34.6 Å². The number of nitrogens with zero attached hydrogens (tertiary/aromatic N) is 4. The van der Waals surface area contributed by atoms with Gasteiger partial charge in [0.25, 0.3) is 0 Å². The number of aromatic nitrogens is 3. The molecule has 144 valence electrons. The Morgan fingerprint density at radius 3 is 2.36 bits per heavy atom. The van der Waals surface area contributed by atoms with E-state index in [1.54, 1.807) is 0 Å². The van der Waals surface area contributed by atoms with Gasteiger partial charge in [0.15, 0.2) is 11.8 Å². The fraction of sp³-hybridized carbons (Fsp3) is 0.733. The van der Waals surface area contributed by atoms with Crippen molar-refractivity contribution in [1.29, 1.82) is 0 Å². The van der Waals surface area contributed by atoms with E-state index in [0.717, 1.165) is 18.2 Å². The highest BCUT2D eigenvalue weighted by molar-refractivity contribution is 14.0. The summed E-state index contributed by atoms with van der Waals surface area (Å²) >= 11 is 0. The predicted molar refractivity (Wildman–Crippen MR) is 108 cm³/mol. The Bertz CT molecular complexity index is 567. The van der Waals surface area contributed by atoms with E-state index in [4.69, 9.17) is 4.74 Å². The molecule has 0 aliphatic heterocycles. The maximum absolute atomic E-state index is 11.6. The highest BCUT2D eigenvalue weighted by atomic mass is 127. The van der Waals surface area contributed by atoms with Crippen molar-refractivity contribution in [1.82, 2.24) is 30.7 Å². The second kappa shape index (κ2) is 11.1. The Balaban J connectivity index is 0.00000576. The van der Waals surface area contributed by atoms with Crippen LogP contribution in [0.5, 0.6) is 0 Å². The molecule has 1 aromatic heterocycles. The second-order valence-electron chi connectivity index (χ2n) is 6.27. The van der Waals surface area contributed by atoms with Crippen molar-refractivity contribution < 1.29 is 9.53 Å². The lowest BCUT2D eigenvalue weighted by atomic mass is 10.2. The van der Waals surface area contributed by atoms with Crippen LogP contribution in [0.1, 0.15) is 39.3 Å². The molecule has 0 aliphatic carbocycles. The summed E-state index contributed by atoms with van der Waals surface area (Å²) in [7, 11) is 1.91. The SMILES string of the molecule is CCNC(=NCc1nnc(C)n1C)NCCNC(=O)OC(C)(C)C.I. The van der Waals surface area contributed by atoms with Gasteiger partial charge in [-0.3, -0.25) is 0 Å². The second-order valence-corrected chi connectivity index (χ2v) is 6.27. The maximum atomic E-state index is 11.6. The lowest BCUT2D eigenvalue weighted by Gasteiger charge is -2.19. The van der Waals surface area contributed by atoms with Crippen molar-refractivity contribution in [3.05, 3.63) is 11.6 Å². The van der Waals surface area contributed by atoms with Crippen molar-refractivity contribution in [2.75, 3.05) is 19.6 Å². The number of rotatable bonds is 6. The molecule has 0 atom stereocenters. The zero-order chi connectivity index (χ0) is 18.2. The monoisotopic (exact) mass is 467 g/mol. The summed E-state index contributed by atoms with van der Waals surface area (Å²) in [5.74, 6) is 2.29. The van der Waals surface area contributed by atoms with Crippen molar-refractivity contribution in [3.8, 4) is 0 Å². The summed E-state index contributed by atoms with van der Waals surface area (Å²) in [6, 6.07) is 0. The summed E-state index contributed by atoms with van der Waals surface area (Å²) < 4.78 is 7.07. The largest absolute Gasteiger partial charge is 0.444 e. The van der Waals surface area contributed by atoms with Gasteiger partial charge in [0.1, 0.15) is 18.0 Å². The van der Waals surface area contributed by atoms with E-state index in [0.29, 0.717) is 25.6 Å². The van der Waals surface area contributed by atoms with E-state index in [9.17, 15) is 4.79 Å². The number of guanidine groups is 1. The molecular weight excluding hydrogens is 437 g/mol. The van der Waals surface area contributed by atoms with Crippen molar-refractivity contribution in [2.24, 2.45) is 12.0 Å². The van der Waals surface area contributed by atoms with Crippen molar-refractivity contribution in [2.45, 2.75) is 46.8 Å². The smallest absolute Gasteiger partial charge is 0.407 e. The molecule has 0 saturated carbocycles. The lowest BCUT2D eigenvalue weighted by molar-refractivity contribution is 0.0529. The number of aryl methyl sites for hydroxylation is 1. The lowest BCUT2D eigenvalue weighted by Crippen LogP contribution is -2.42. The van der Waals surface area contributed by atoms with Crippen LogP contribution in [0.4, 0.5) is 4.79 Å². The highest BCUT2D eigenvalue weighted by Gasteiger charge is 2.15. The van der Waals surface area contributed by atoms with Gasteiger partial charge < -0.3 is 25.3 Å². The van der Waals surface area contributed by atoms with Crippen LogP contribution >= 0.6 is 24.0 Å². The summed E-state index contributed by atoms with van der Waals surface area (Å²) in [4.78, 5) is 16.0. The molecule has 0 unspecified atom stereocenters. The minimum absolute atomic E-state index is 0. The molecule has 0 aromatic carbocycles. The van der Waals surface area contributed by atoms with E-state index < -0.39 is 11.7 Å². The van der Waals surface area contributed by atoms with E-state index >= 15 is 0 Å². The molecular formula is C15H30IN7O2. The number of halogens is 1. The van der Waals surface area contributed by atoms with E-state index in [1.807, 2.05) is 46.2 Å². The molecule has 1 aromatic rings. The zero-order valence-corrected chi connectivity index (χ0v) is 18.2. The Labute approximate surface area is 166 Å². The Hall–Kier alpha value is -1.59. The molecule has 9 nitrogen and oxygen atoms in total. The number of aliphatic imine (C=N–C) groups is 1. The van der Waals surface area contributed by atoms with Crippen LogP contribution < -0.4 is 16.0 Å². The first-order chi connectivity index (χ1) is 11.2. The molecule has 1 heterocycles. The van der Waals surface area contributed by atoms with Gasteiger partial charge in [-0.1, -0.05) is 0 Å². The fourth-order valence-electron chi connectivity index (χ4n) is 1.74. The number of carbonyl (C=O) groups excluding carboxylic acids is 1. The average molecular weight is 467 g/mol. The Kier molecular flexibility index (Phi) is 10.4.